The second kappa shape index (κ2) is 12.2. The van der Waals surface area contributed by atoms with Crippen molar-refractivity contribution in [3.05, 3.63) is 206 Å². The number of hydrogen-bond donors (Lipinski definition) is 0. The van der Waals surface area contributed by atoms with Crippen molar-refractivity contribution in [2.45, 2.75) is 0 Å². The first-order chi connectivity index (χ1) is 26.8. The third-order valence-electron chi connectivity index (χ3n) is 11.1. The average Bonchev–Trinajstić information content (AvgIpc) is 3.76. The topological polar surface area (TPSA) is 9.86 Å². The zero-order valence-corrected chi connectivity index (χ0v) is 29.5. The quantitative estimate of drug-likeness (QED) is 0.171. The average molecular weight is 687 g/mol. The maximum Gasteiger partial charge on any atom is 0.0547 e. The van der Waals surface area contributed by atoms with E-state index < -0.39 is 0 Å². The van der Waals surface area contributed by atoms with E-state index in [0.717, 1.165) is 5.69 Å². The number of fused-ring (bicyclic) bond motifs is 7. The van der Waals surface area contributed by atoms with Gasteiger partial charge in [0.05, 0.1) is 27.8 Å². The Bertz CT molecular complexity index is 3200. The molecule has 0 fully saturated rings. The number of nitrogens with zero attached hydrogens (tertiary/aromatic N) is 2. The summed E-state index contributed by atoms with van der Waals surface area (Å²) >= 11 is 0. The number of rotatable bonds is 5. The maximum atomic E-state index is 2.44. The van der Waals surface area contributed by atoms with Crippen LogP contribution < -0.4 is 0 Å². The van der Waals surface area contributed by atoms with Gasteiger partial charge >= 0.3 is 0 Å². The zero-order valence-electron chi connectivity index (χ0n) is 29.5. The van der Waals surface area contributed by atoms with E-state index in [1.165, 1.54) is 93.5 Å². The van der Waals surface area contributed by atoms with Gasteiger partial charge in [0.2, 0.25) is 0 Å². The third kappa shape index (κ3) is 4.81. The summed E-state index contributed by atoms with van der Waals surface area (Å²) < 4.78 is 4.87. The lowest BCUT2D eigenvalue weighted by Crippen LogP contribution is -1.95. The summed E-state index contributed by atoms with van der Waals surface area (Å²) in [6.45, 7) is 0. The number of hydrogen-bond acceptors (Lipinski definition) is 0. The van der Waals surface area contributed by atoms with E-state index in [1.54, 1.807) is 0 Å². The Morgan fingerprint density at radius 3 is 1.48 bits per heavy atom. The first-order valence-electron chi connectivity index (χ1n) is 18.6. The Morgan fingerprint density at radius 2 is 0.741 bits per heavy atom. The van der Waals surface area contributed by atoms with Gasteiger partial charge in [0, 0.05) is 32.6 Å². The lowest BCUT2D eigenvalue weighted by Gasteiger charge is -2.12. The minimum atomic E-state index is 1.15. The van der Waals surface area contributed by atoms with Gasteiger partial charge in [-0.25, -0.2) is 0 Å². The van der Waals surface area contributed by atoms with Crippen molar-refractivity contribution in [3.63, 3.8) is 0 Å². The molecular weight excluding hydrogens is 653 g/mol. The lowest BCUT2D eigenvalue weighted by atomic mass is 9.99. The standard InChI is InChI=1S/C52H34N2/c1-3-13-35(14-4-1)38-19-11-20-42(31-38)53-50-29-26-39(33-47(50)45-28-25-41(34-52(45)53)36-15-5-2-6-16-36)40-27-30-51-46(32-40)44-22-9-10-23-49(44)54(51)48-24-12-18-37-17-7-8-21-43(37)48/h1-34H. The molecule has 2 nitrogen and oxygen atoms in total. The predicted molar refractivity (Wildman–Crippen MR) is 229 cm³/mol. The van der Waals surface area contributed by atoms with Crippen molar-refractivity contribution in [1.82, 2.24) is 9.13 Å². The maximum absolute atomic E-state index is 2.44. The Morgan fingerprint density at radius 1 is 0.241 bits per heavy atom. The molecule has 2 heteroatoms. The van der Waals surface area contributed by atoms with Crippen LogP contribution in [0.3, 0.4) is 0 Å². The molecule has 0 aliphatic heterocycles. The van der Waals surface area contributed by atoms with Crippen molar-refractivity contribution in [2.75, 3.05) is 0 Å². The molecule has 2 heterocycles. The van der Waals surface area contributed by atoms with E-state index in [9.17, 15) is 0 Å². The Balaban J connectivity index is 1.11. The highest BCUT2D eigenvalue weighted by molar-refractivity contribution is 6.14. The SMILES string of the molecule is c1ccc(-c2cccc(-n3c4ccc(-c5ccc6c(c5)c5ccccc5n6-c5cccc6ccccc56)cc4c4ccc(-c5ccccc5)cc43)c2)cc1. The van der Waals surface area contributed by atoms with Crippen LogP contribution in [0, 0.1) is 0 Å². The van der Waals surface area contributed by atoms with E-state index in [4.69, 9.17) is 0 Å². The molecule has 11 aromatic rings. The Labute approximate surface area is 313 Å². The van der Waals surface area contributed by atoms with Crippen molar-refractivity contribution < 1.29 is 0 Å². The first kappa shape index (κ1) is 30.5. The first-order valence-corrected chi connectivity index (χ1v) is 18.6. The largest absolute Gasteiger partial charge is 0.309 e. The van der Waals surface area contributed by atoms with E-state index in [1.807, 2.05) is 0 Å². The molecule has 0 saturated carbocycles. The number of para-hydroxylation sites is 1. The molecule has 0 aliphatic rings. The van der Waals surface area contributed by atoms with Gasteiger partial charge in [-0.1, -0.05) is 152 Å². The van der Waals surface area contributed by atoms with Crippen LogP contribution in [0.25, 0.3) is 99.1 Å². The van der Waals surface area contributed by atoms with Crippen LogP contribution in [0.15, 0.2) is 206 Å². The van der Waals surface area contributed by atoms with Crippen molar-refractivity contribution >= 4 is 54.4 Å². The minimum Gasteiger partial charge on any atom is -0.309 e. The smallest absolute Gasteiger partial charge is 0.0547 e. The second-order valence-corrected chi connectivity index (χ2v) is 14.2. The highest BCUT2D eigenvalue weighted by atomic mass is 15.0. The highest BCUT2D eigenvalue weighted by Gasteiger charge is 2.18. The normalized spacial score (nSPS) is 11.7. The fraction of sp³-hybridized carbons (Fsp3) is 0. The van der Waals surface area contributed by atoms with E-state index >= 15 is 0 Å². The van der Waals surface area contributed by atoms with Gasteiger partial charge in [-0.3, -0.25) is 0 Å². The fourth-order valence-electron chi connectivity index (χ4n) is 8.56. The Kier molecular flexibility index (Phi) is 6.90. The molecule has 2 aromatic heterocycles. The molecule has 0 spiro atoms. The highest BCUT2D eigenvalue weighted by Crippen LogP contribution is 2.40. The minimum absolute atomic E-state index is 1.15. The summed E-state index contributed by atoms with van der Waals surface area (Å²) in [6.07, 6.45) is 0. The molecule has 0 amide bonds. The molecule has 54 heavy (non-hydrogen) atoms. The summed E-state index contributed by atoms with van der Waals surface area (Å²) in [7, 11) is 0. The summed E-state index contributed by atoms with van der Waals surface area (Å²) in [5.41, 5.74) is 14.4. The van der Waals surface area contributed by atoms with Crippen LogP contribution in [-0.4, -0.2) is 9.13 Å². The number of aromatic nitrogens is 2. The molecular formula is C52H34N2. The molecule has 0 atom stereocenters. The van der Waals surface area contributed by atoms with Crippen molar-refractivity contribution in [3.8, 4) is 44.8 Å². The van der Waals surface area contributed by atoms with Gasteiger partial charge in [-0.15, -0.1) is 0 Å². The fourth-order valence-corrected chi connectivity index (χ4v) is 8.56. The molecule has 0 radical (unpaired) electrons. The van der Waals surface area contributed by atoms with Gasteiger partial charge in [0.25, 0.3) is 0 Å². The molecule has 9 aromatic carbocycles. The van der Waals surface area contributed by atoms with Crippen molar-refractivity contribution in [1.29, 1.82) is 0 Å². The summed E-state index contributed by atoms with van der Waals surface area (Å²) in [4.78, 5) is 0. The van der Waals surface area contributed by atoms with Gasteiger partial charge in [-0.2, -0.15) is 0 Å². The zero-order chi connectivity index (χ0) is 35.6. The summed E-state index contributed by atoms with van der Waals surface area (Å²) in [6, 6.07) is 75.2. The van der Waals surface area contributed by atoms with Crippen LogP contribution in [-0.2, 0) is 0 Å². The van der Waals surface area contributed by atoms with E-state index in [-0.39, 0.29) is 0 Å². The monoisotopic (exact) mass is 686 g/mol. The molecule has 0 N–H and O–H groups in total. The molecule has 0 bridgehead atoms. The van der Waals surface area contributed by atoms with Gasteiger partial charge in [-0.05, 0) is 93.4 Å². The molecule has 0 unspecified atom stereocenters. The van der Waals surface area contributed by atoms with Crippen molar-refractivity contribution in [2.24, 2.45) is 0 Å². The number of benzene rings is 9. The van der Waals surface area contributed by atoms with Crippen LogP contribution in [0.4, 0.5) is 0 Å². The van der Waals surface area contributed by atoms with Crippen LogP contribution in [0.2, 0.25) is 0 Å². The lowest BCUT2D eigenvalue weighted by molar-refractivity contribution is 1.18. The Hall–Kier alpha value is -7.16. The molecule has 11 rings (SSSR count). The third-order valence-corrected chi connectivity index (χ3v) is 11.1. The van der Waals surface area contributed by atoms with Gasteiger partial charge in [0.1, 0.15) is 0 Å². The summed E-state index contributed by atoms with van der Waals surface area (Å²) in [5.74, 6) is 0. The van der Waals surface area contributed by atoms with Crippen LogP contribution in [0.1, 0.15) is 0 Å². The van der Waals surface area contributed by atoms with E-state index in [0.29, 0.717) is 0 Å². The second-order valence-electron chi connectivity index (χ2n) is 14.2. The van der Waals surface area contributed by atoms with Crippen LogP contribution in [0.5, 0.6) is 0 Å². The molecule has 0 saturated heterocycles. The predicted octanol–water partition coefficient (Wildman–Crippen LogP) is 14.0. The van der Waals surface area contributed by atoms with Gasteiger partial charge in [0.15, 0.2) is 0 Å². The van der Waals surface area contributed by atoms with Gasteiger partial charge < -0.3 is 9.13 Å². The van der Waals surface area contributed by atoms with Crippen LogP contribution >= 0.6 is 0 Å². The molecule has 0 aliphatic carbocycles. The summed E-state index contributed by atoms with van der Waals surface area (Å²) in [5, 5.41) is 7.48. The molecule has 252 valence electrons. The van der Waals surface area contributed by atoms with E-state index in [2.05, 4.69) is 215 Å².